The summed E-state index contributed by atoms with van der Waals surface area (Å²) in [6.07, 6.45) is 5.59. The van der Waals surface area contributed by atoms with Crippen molar-refractivity contribution in [1.29, 1.82) is 0 Å². The van der Waals surface area contributed by atoms with Crippen LogP contribution in [-0.2, 0) is 0 Å². The fraction of sp³-hybridized carbons (Fsp3) is 0.348. The van der Waals surface area contributed by atoms with E-state index in [2.05, 4.69) is 4.85 Å². The molecule has 0 atom stereocenters. The van der Waals surface area contributed by atoms with Crippen LogP contribution in [0.1, 0.15) is 36.8 Å². The molecule has 1 aliphatic rings. The summed E-state index contributed by atoms with van der Waals surface area (Å²) in [5.74, 6) is 2.65. The minimum atomic E-state index is 0.204. The van der Waals surface area contributed by atoms with Gasteiger partial charge in [0.1, 0.15) is 0 Å². The Hall–Kier alpha value is -3.17. The third-order valence-electron chi connectivity index (χ3n) is 4.59. The van der Waals surface area contributed by atoms with E-state index in [1.807, 2.05) is 42.5 Å². The van der Waals surface area contributed by atoms with Crippen molar-refractivity contribution in [3.63, 3.8) is 0 Å². The maximum atomic E-state index is 8.81. The van der Waals surface area contributed by atoms with Crippen LogP contribution in [0.5, 0.6) is 23.0 Å². The first-order chi connectivity index (χ1) is 14.2. The molecule has 0 saturated carbocycles. The molecule has 1 heterocycles. The highest BCUT2D eigenvalue weighted by Crippen LogP contribution is 2.36. The van der Waals surface area contributed by atoms with E-state index >= 15 is 0 Å². The zero-order chi connectivity index (χ0) is 20.5. The lowest BCUT2D eigenvalue weighted by molar-refractivity contribution is 0.174. The number of ether oxygens (including phenoxy) is 4. The predicted octanol–water partition coefficient (Wildman–Crippen LogP) is 4.77. The van der Waals surface area contributed by atoms with Gasteiger partial charge in [-0.2, -0.15) is 0 Å². The molecule has 2 aromatic rings. The van der Waals surface area contributed by atoms with E-state index in [9.17, 15) is 0 Å². The van der Waals surface area contributed by atoms with E-state index in [0.29, 0.717) is 35.3 Å². The number of aliphatic hydroxyl groups is 1. The molecule has 0 saturated heterocycles. The van der Waals surface area contributed by atoms with Crippen LogP contribution in [0.4, 0.5) is 0 Å². The number of aliphatic hydroxyl groups excluding tert-OH is 1. The van der Waals surface area contributed by atoms with Crippen molar-refractivity contribution >= 4 is 11.8 Å². The lowest BCUT2D eigenvalue weighted by atomic mass is 10.1. The van der Waals surface area contributed by atoms with Gasteiger partial charge in [0.05, 0.1) is 20.3 Å². The van der Waals surface area contributed by atoms with E-state index in [1.54, 1.807) is 7.11 Å². The van der Waals surface area contributed by atoms with Crippen molar-refractivity contribution in [1.82, 2.24) is 0 Å². The minimum absolute atomic E-state index is 0.204. The highest BCUT2D eigenvalue weighted by molar-refractivity contribution is 5.86. The number of fused-ring (bicyclic) bond motifs is 1. The zero-order valence-electron chi connectivity index (χ0n) is 16.5. The Balaban J connectivity index is 1.70. The quantitative estimate of drug-likeness (QED) is 0.357. The van der Waals surface area contributed by atoms with E-state index in [4.69, 9.17) is 30.6 Å². The molecule has 152 valence electrons. The van der Waals surface area contributed by atoms with Gasteiger partial charge in [-0.25, -0.2) is 4.85 Å². The van der Waals surface area contributed by atoms with Crippen molar-refractivity contribution in [3.8, 4) is 23.0 Å². The monoisotopic (exact) mass is 395 g/mol. The van der Waals surface area contributed by atoms with Crippen molar-refractivity contribution in [2.75, 3.05) is 27.1 Å². The normalized spacial score (nSPS) is 12.5. The summed E-state index contributed by atoms with van der Waals surface area (Å²) in [6.45, 7) is 8.60. The maximum absolute atomic E-state index is 8.81. The summed E-state index contributed by atoms with van der Waals surface area (Å²) in [4.78, 5) is 3.67. The molecule has 6 nitrogen and oxygen atoms in total. The molecule has 6 heteroatoms. The third-order valence-corrected chi connectivity index (χ3v) is 4.59. The molecular formula is C23H25NO5. The number of methoxy groups -OCH3 is 1. The molecule has 0 aromatic heterocycles. The van der Waals surface area contributed by atoms with Crippen LogP contribution in [0.15, 0.2) is 36.4 Å². The average Bonchev–Trinajstić information content (AvgIpc) is 3.22. The van der Waals surface area contributed by atoms with Gasteiger partial charge in [0.15, 0.2) is 28.7 Å². The van der Waals surface area contributed by atoms with Gasteiger partial charge in [0.25, 0.3) is 0 Å². The lowest BCUT2D eigenvalue weighted by Crippen LogP contribution is -2.00. The highest BCUT2D eigenvalue weighted by Gasteiger charge is 2.15. The Morgan fingerprint density at radius 3 is 2.69 bits per heavy atom. The van der Waals surface area contributed by atoms with Crippen LogP contribution >= 0.6 is 0 Å². The number of rotatable bonds is 10. The maximum Gasteiger partial charge on any atom is 0.231 e. The van der Waals surface area contributed by atoms with Gasteiger partial charge in [0, 0.05) is 6.61 Å². The SMILES string of the molecule is [C-]#[N+]/C(=C\c1ccc(OCCCCCCO)c(OC)c1)c1ccc2c(c1)OCO2. The lowest BCUT2D eigenvalue weighted by Gasteiger charge is -2.11. The molecule has 1 aliphatic heterocycles. The predicted molar refractivity (Wildman–Crippen MR) is 111 cm³/mol. The highest BCUT2D eigenvalue weighted by atomic mass is 16.7. The van der Waals surface area contributed by atoms with Crippen LogP contribution < -0.4 is 18.9 Å². The van der Waals surface area contributed by atoms with E-state index in [-0.39, 0.29) is 13.4 Å². The smallest absolute Gasteiger partial charge is 0.231 e. The van der Waals surface area contributed by atoms with E-state index in [1.165, 1.54) is 0 Å². The summed E-state index contributed by atoms with van der Waals surface area (Å²) >= 11 is 0. The molecule has 0 bridgehead atoms. The summed E-state index contributed by atoms with van der Waals surface area (Å²) in [5.41, 5.74) is 2.12. The molecule has 0 spiro atoms. The second-order valence-electron chi connectivity index (χ2n) is 6.61. The van der Waals surface area contributed by atoms with Crippen LogP contribution in [-0.4, -0.2) is 32.2 Å². The van der Waals surface area contributed by atoms with E-state index < -0.39 is 0 Å². The number of nitrogens with zero attached hydrogens (tertiary/aromatic N) is 1. The van der Waals surface area contributed by atoms with Crippen LogP contribution in [0.25, 0.3) is 16.6 Å². The molecule has 0 radical (unpaired) electrons. The van der Waals surface area contributed by atoms with Crippen LogP contribution in [0, 0.1) is 6.57 Å². The molecule has 1 N–H and O–H groups in total. The van der Waals surface area contributed by atoms with Gasteiger partial charge in [-0.05, 0) is 60.7 Å². The molecule has 29 heavy (non-hydrogen) atoms. The molecule has 2 aromatic carbocycles. The van der Waals surface area contributed by atoms with Crippen molar-refractivity contribution < 1.29 is 24.1 Å². The number of hydrogen-bond donors (Lipinski definition) is 1. The van der Waals surface area contributed by atoms with Crippen molar-refractivity contribution in [2.45, 2.75) is 25.7 Å². The summed E-state index contributed by atoms with van der Waals surface area (Å²) in [7, 11) is 1.60. The van der Waals surface area contributed by atoms with Gasteiger partial charge in [-0.15, -0.1) is 0 Å². The molecule has 0 aliphatic carbocycles. The van der Waals surface area contributed by atoms with Gasteiger partial charge in [0.2, 0.25) is 6.79 Å². The topological polar surface area (TPSA) is 61.5 Å². The van der Waals surface area contributed by atoms with Gasteiger partial charge in [-0.1, -0.05) is 18.6 Å². The molecule has 0 unspecified atom stereocenters. The second kappa shape index (κ2) is 10.4. The number of unbranched alkanes of at least 4 members (excludes halogenated alkanes) is 3. The van der Waals surface area contributed by atoms with Crippen LogP contribution in [0.2, 0.25) is 0 Å². The first-order valence-electron chi connectivity index (χ1n) is 9.66. The van der Waals surface area contributed by atoms with Gasteiger partial charge < -0.3 is 24.1 Å². The van der Waals surface area contributed by atoms with Crippen molar-refractivity contribution in [3.05, 3.63) is 58.9 Å². The summed E-state index contributed by atoms with van der Waals surface area (Å²) < 4.78 is 22.0. The molecule has 3 rings (SSSR count). The molecular weight excluding hydrogens is 370 g/mol. The fourth-order valence-electron chi connectivity index (χ4n) is 3.04. The summed E-state index contributed by atoms with van der Waals surface area (Å²) in [6, 6.07) is 11.1. The fourth-order valence-corrected chi connectivity index (χ4v) is 3.04. The first kappa shape index (κ1) is 20.6. The Labute approximate surface area is 171 Å². The largest absolute Gasteiger partial charge is 0.493 e. The number of benzene rings is 2. The Morgan fingerprint density at radius 1 is 1.07 bits per heavy atom. The Kier molecular flexibility index (Phi) is 7.37. The number of hydrogen-bond acceptors (Lipinski definition) is 5. The molecule has 0 amide bonds. The minimum Gasteiger partial charge on any atom is -0.493 e. The van der Waals surface area contributed by atoms with Gasteiger partial charge >= 0.3 is 0 Å². The van der Waals surface area contributed by atoms with Gasteiger partial charge in [-0.3, -0.25) is 0 Å². The summed E-state index contributed by atoms with van der Waals surface area (Å²) in [5, 5.41) is 8.81. The average molecular weight is 395 g/mol. The Morgan fingerprint density at radius 2 is 1.90 bits per heavy atom. The third kappa shape index (κ3) is 5.43. The van der Waals surface area contributed by atoms with Crippen molar-refractivity contribution in [2.24, 2.45) is 0 Å². The molecule has 0 fully saturated rings. The first-order valence-corrected chi connectivity index (χ1v) is 9.66. The second-order valence-corrected chi connectivity index (χ2v) is 6.61. The van der Waals surface area contributed by atoms with E-state index in [0.717, 1.165) is 36.8 Å². The Bertz CT molecular complexity index is 901. The standard InChI is InChI=1S/C23H25NO5/c1-24-19(18-8-10-21-23(15-18)29-16-28-21)13-17-7-9-20(22(14-17)26-2)27-12-6-4-3-5-11-25/h7-10,13-15,25H,3-6,11-12,16H2,2H3/b19-13-. The zero-order valence-corrected chi connectivity index (χ0v) is 16.5. The van der Waals surface area contributed by atoms with Crippen LogP contribution in [0.3, 0.4) is 0 Å².